The van der Waals surface area contributed by atoms with Crippen molar-refractivity contribution in [3.63, 3.8) is 0 Å². The summed E-state index contributed by atoms with van der Waals surface area (Å²) in [6.07, 6.45) is 1.73. The Morgan fingerprint density at radius 1 is 1.50 bits per heavy atom. The van der Waals surface area contributed by atoms with Gasteiger partial charge in [0.05, 0.1) is 18.2 Å². The second-order valence-electron chi connectivity index (χ2n) is 3.70. The van der Waals surface area contributed by atoms with E-state index < -0.39 is 0 Å². The fourth-order valence-electron chi connectivity index (χ4n) is 1.76. The van der Waals surface area contributed by atoms with Gasteiger partial charge in [0.1, 0.15) is 11.4 Å². The number of aromatic nitrogens is 3. The third kappa shape index (κ3) is 1.77. The van der Waals surface area contributed by atoms with Crippen molar-refractivity contribution in [3.8, 4) is 0 Å². The van der Waals surface area contributed by atoms with Crippen molar-refractivity contribution in [3.05, 3.63) is 24.2 Å². The number of nitrogens with one attached hydrogen (secondary N) is 2. The minimum atomic E-state index is -0.251. The first kappa shape index (κ1) is 10.0. The lowest BCUT2D eigenvalue weighted by Crippen LogP contribution is -2.39. The summed E-state index contributed by atoms with van der Waals surface area (Å²) >= 11 is 5.82. The van der Waals surface area contributed by atoms with Crippen molar-refractivity contribution in [1.29, 1.82) is 0 Å². The molecule has 1 saturated heterocycles. The Balaban J connectivity index is 1.88. The zero-order valence-electron chi connectivity index (χ0n) is 8.48. The summed E-state index contributed by atoms with van der Waals surface area (Å²) in [6.45, 7) is 1.14. The Hall–Kier alpha value is -1.17. The number of pyridine rings is 1. The van der Waals surface area contributed by atoms with Gasteiger partial charge in [-0.25, -0.2) is 9.97 Å². The summed E-state index contributed by atoms with van der Waals surface area (Å²) in [6, 6.07) is 3.89. The monoisotopic (exact) mass is 238 g/mol. The van der Waals surface area contributed by atoms with Crippen LogP contribution in [0.1, 0.15) is 11.9 Å². The highest BCUT2D eigenvalue weighted by atomic mass is 35.5. The topological polar surface area (TPSA) is 62.8 Å². The summed E-state index contributed by atoms with van der Waals surface area (Å²) in [5.74, 6) is 0.845. The smallest absolute Gasteiger partial charge is 0.177 e. The van der Waals surface area contributed by atoms with Gasteiger partial charge in [0.2, 0.25) is 0 Å². The average molecular weight is 239 g/mol. The number of hydrogen-bond donors (Lipinski definition) is 2. The predicted octanol–water partition coefficient (Wildman–Crippen LogP) is 1.18. The molecule has 3 rings (SSSR count). The van der Waals surface area contributed by atoms with E-state index in [0.717, 1.165) is 17.0 Å². The summed E-state index contributed by atoms with van der Waals surface area (Å²) in [7, 11) is 0. The molecule has 1 aliphatic rings. The molecule has 0 amide bonds. The van der Waals surface area contributed by atoms with Crippen LogP contribution in [0, 0.1) is 0 Å². The molecule has 1 fully saturated rings. The number of nitrogens with zero attached hydrogens (tertiary/aromatic N) is 2. The number of halogens is 1. The van der Waals surface area contributed by atoms with E-state index in [1.54, 1.807) is 6.20 Å². The van der Waals surface area contributed by atoms with Crippen LogP contribution in [0.5, 0.6) is 0 Å². The Kier molecular flexibility index (Phi) is 2.51. The van der Waals surface area contributed by atoms with Crippen LogP contribution >= 0.6 is 11.6 Å². The Labute approximate surface area is 97.2 Å². The van der Waals surface area contributed by atoms with E-state index in [-0.39, 0.29) is 11.6 Å². The van der Waals surface area contributed by atoms with Gasteiger partial charge >= 0.3 is 0 Å². The molecular weight excluding hydrogens is 228 g/mol. The van der Waals surface area contributed by atoms with E-state index in [4.69, 9.17) is 16.3 Å². The summed E-state index contributed by atoms with van der Waals surface area (Å²) in [5, 5.41) is 3.27. The number of hydrogen-bond acceptors (Lipinski definition) is 4. The van der Waals surface area contributed by atoms with Gasteiger partial charge in [-0.2, -0.15) is 0 Å². The zero-order chi connectivity index (χ0) is 11.0. The van der Waals surface area contributed by atoms with Gasteiger partial charge in [-0.1, -0.05) is 11.6 Å². The maximum absolute atomic E-state index is 5.82. The third-order valence-electron chi connectivity index (χ3n) is 2.57. The number of imidazole rings is 1. The number of ether oxygens (including phenoxy) is 1. The molecule has 2 N–H and O–H groups in total. The van der Waals surface area contributed by atoms with Crippen LogP contribution in [0.3, 0.4) is 0 Å². The van der Waals surface area contributed by atoms with Gasteiger partial charge < -0.3 is 15.0 Å². The molecule has 84 valence electrons. The molecule has 5 nitrogen and oxygen atoms in total. The zero-order valence-corrected chi connectivity index (χ0v) is 9.24. The lowest BCUT2D eigenvalue weighted by molar-refractivity contribution is 0.0487. The van der Waals surface area contributed by atoms with Crippen molar-refractivity contribution >= 4 is 22.8 Å². The normalized spacial score (nSPS) is 26.1. The number of rotatable bonds is 1. The van der Waals surface area contributed by atoms with E-state index in [2.05, 4.69) is 20.3 Å². The molecule has 6 heteroatoms. The SMILES string of the molecule is ClC1CNC(c2nc3ncccc3[nH]2)CO1. The fourth-order valence-corrected chi connectivity index (χ4v) is 1.92. The van der Waals surface area contributed by atoms with Crippen LogP contribution < -0.4 is 5.32 Å². The van der Waals surface area contributed by atoms with Crippen LogP contribution in [-0.2, 0) is 4.74 Å². The molecular formula is C10H11ClN4O. The van der Waals surface area contributed by atoms with Crippen LogP contribution in [0.4, 0.5) is 0 Å². The van der Waals surface area contributed by atoms with E-state index in [0.29, 0.717) is 13.2 Å². The molecule has 0 saturated carbocycles. The molecule has 2 atom stereocenters. The van der Waals surface area contributed by atoms with Gasteiger partial charge in [-0.15, -0.1) is 0 Å². The van der Waals surface area contributed by atoms with E-state index in [1.165, 1.54) is 0 Å². The summed E-state index contributed by atoms with van der Waals surface area (Å²) in [4.78, 5) is 11.8. The number of aromatic amines is 1. The van der Waals surface area contributed by atoms with Gasteiger partial charge in [0.15, 0.2) is 5.65 Å². The minimum Gasteiger partial charge on any atom is -0.359 e. The third-order valence-corrected chi connectivity index (χ3v) is 2.85. The molecule has 2 aromatic heterocycles. The van der Waals surface area contributed by atoms with Gasteiger partial charge in [0.25, 0.3) is 0 Å². The minimum absolute atomic E-state index is 0.0594. The average Bonchev–Trinajstić information content (AvgIpc) is 2.73. The van der Waals surface area contributed by atoms with Crippen molar-refractivity contribution in [2.24, 2.45) is 0 Å². The Morgan fingerprint density at radius 3 is 3.19 bits per heavy atom. The molecule has 3 heterocycles. The van der Waals surface area contributed by atoms with E-state index >= 15 is 0 Å². The first-order valence-electron chi connectivity index (χ1n) is 5.12. The summed E-state index contributed by atoms with van der Waals surface area (Å²) in [5.41, 5.74) is 1.42. The molecule has 16 heavy (non-hydrogen) atoms. The van der Waals surface area contributed by atoms with Crippen molar-refractivity contribution in [1.82, 2.24) is 20.3 Å². The molecule has 0 radical (unpaired) electrons. The molecule has 2 aromatic rings. The molecule has 2 unspecified atom stereocenters. The second-order valence-corrected chi connectivity index (χ2v) is 4.19. The predicted molar refractivity (Wildman–Crippen MR) is 60.2 cm³/mol. The fraction of sp³-hybridized carbons (Fsp3) is 0.400. The van der Waals surface area contributed by atoms with Crippen molar-refractivity contribution in [2.75, 3.05) is 13.2 Å². The number of morpholine rings is 1. The first-order chi connectivity index (χ1) is 7.83. The van der Waals surface area contributed by atoms with Crippen LogP contribution in [0.2, 0.25) is 0 Å². The largest absolute Gasteiger partial charge is 0.359 e. The summed E-state index contributed by atoms with van der Waals surface area (Å²) < 4.78 is 5.36. The Morgan fingerprint density at radius 2 is 2.44 bits per heavy atom. The second kappa shape index (κ2) is 4.01. The van der Waals surface area contributed by atoms with Gasteiger partial charge in [-0.3, -0.25) is 0 Å². The number of H-pyrrole nitrogens is 1. The Bertz CT molecular complexity index is 459. The highest BCUT2D eigenvalue weighted by Gasteiger charge is 2.23. The van der Waals surface area contributed by atoms with Crippen molar-refractivity contribution < 1.29 is 4.74 Å². The standard InChI is InChI=1S/C10H11ClN4O/c11-8-4-13-7(5-16-8)10-14-6-2-1-3-12-9(6)15-10/h1-3,7-8,13H,4-5H2,(H,12,14,15). The highest BCUT2D eigenvalue weighted by Crippen LogP contribution is 2.18. The number of fused-ring (bicyclic) bond motifs is 1. The van der Waals surface area contributed by atoms with E-state index in [9.17, 15) is 0 Å². The maximum atomic E-state index is 5.82. The number of alkyl halides is 1. The lowest BCUT2D eigenvalue weighted by atomic mass is 10.2. The van der Waals surface area contributed by atoms with Gasteiger partial charge in [-0.05, 0) is 12.1 Å². The van der Waals surface area contributed by atoms with Crippen LogP contribution in [-0.4, -0.2) is 33.7 Å². The van der Waals surface area contributed by atoms with Crippen molar-refractivity contribution in [2.45, 2.75) is 11.6 Å². The maximum Gasteiger partial charge on any atom is 0.177 e. The molecule has 1 aliphatic heterocycles. The highest BCUT2D eigenvalue weighted by molar-refractivity contribution is 6.19. The van der Waals surface area contributed by atoms with Crippen LogP contribution in [0.15, 0.2) is 18.3 Å². The molecule has 0 bridgehead atoms. The lowest BCUT2D eigenvalue weighted by Gasteiger charge is -2.25. The van der Waals surface area contributed by atoms with E-state index in [1.807, 2.05) is 12.1 Å². The molecule has 0 spiro atoms. The molecule has 0 aromatic carbocycles. The van der Waals surface area contributed by atoms with Crippen LogP contribution in [0.25, 0.3) is 11.2 Å². The quantitative estimate of drug-likeness (QED) is 0.733. The van der Waals surface area contributed by atoms with Gasteiger partial charge in [0, 0.05) is 12.7 Å². The first-order valence-corrected chi connectivity index (χ1v) is 5.56. The molecule has 0 aliphatic carbocycles.